The van der Waals surface area contributed by atoms with Gasteiger partial charge in [-0.25, -0.2) is 4.79 Å². The van der Waals surface area contributed by atoms with Gasteiger partial charge in [-0.1, -0.05) is 12.1 Å². The molecule has 1 aromatic heterocycles. The number of urea groups is 1. The van der Waals surface area contributed by atoms with Crippen molar-refractivity contribution in [1.29, 1.82) is 0 Å². The van der Waals surface area contributed by atoms with Crippen LogP contribution >= 0.6 is 11.3 Å². The summed E-state index contributed by atoms with van der Waals surface area (Å²) in [5.74, 6) is -0.136. The molecular weight excluding hydrogens is 372 g/mol. The van der Waals surface area contributed by atoms with Crippen LogP contribution in [0.15, 0.2) is 41.8 Å². The van der Waals surface area contributed by atoms with Gasteiger partial charge < -0.3 is 15.5 Å². The summed E-state index contributed by atoms with van der Waals surface area (Å²) >= 11 is 1.40. The van der Waals surface area contributed by atoms with Crippen molar-refractivity contribution in [2.75, 3.05) is 36.8 Å². The molecule has 3 amide bonds. The van der Waals surface area contributed by atoms with Crippen molar-refractivity contribution in [2.45, 2.75) is 31.7 Å². The molecule has 0 spiro atoms. The molecule has 2 aliphatic rings. The van der Waals surface area contributed by atoms with Crippen molar-refractivity contribution >= 4 is 34.6 Å². The van der Waals surface area contributed by atoms with Gasteiger partial charge in [0.15, 0.2) is 0 Å². The Morgan fingerprint density at radius 3 is 2.50 bits per heavy atom. The Bertz CT molecular complexity index is 818. The van der Waals surface area contributed by atoms with Crippen LogP contribution < -0.4 is 10.6 Å². The number of likely N-dealkylation sites (tertiary alicyclic amines) is 2. The number of hydrogen-bond donors (Lipinski definition) is 2. The van der Waals surface area contributed by atoms with Crippen LogP contribution in [0.3, 0.4) is 0 Å². The van der Waals surface area contributed by atoms with Crippen LogP contribution in [-0.4, -0.2) is 54.0 Å². The van der Waals surface area contributed by atoms with E-state index in [1.165, 1.54) is 30.6 Å². The SMILES string of the molecule is O=C(Nc1cccc(NC(=O)N2CCC[C@H](N3CCCC3)C2)c1)c1cccs1. The molecule has 4 rings (SSSR count). The van der Waals surface area contributed by atoms with Crippen LogP contribution in [0, 0.1) is 0 Å². The molecule has 2 aliphatic heterocycles. The van der Waals surface area contributed by atoms with Gasteiger partial charge in [0, 0.05) is 30.5 Å². The van der Waals surface area contributed by atoms with E-state index in [0.717, 1.165) is 32.6 Å². The zero-order valence-corrected chi connectivity index (χ0v) is 16.7. The summed E-state index contributed by atoms with van der Waals surface area (Å²) < 4.78 is 0. The summed E-state index contributed by atoms with van der Waals surface area (Å²) in [6.45, 7) is 3.91. The highest BCUT2D eigenvalue weighted by atomic mass is 32.1. The predicted molar refractivity (Wildman–Crippen MR) is 113 cm³/mol. The van der Waals surface area contributed by atoms with Crippen molar-refractivity contribution in [3.05, 3.63) is 46.7 Å². The maximum atomic E-state index is 12.8. The first-order valence-electron chi connectivity index (χ1n) is 9.94. The molecule has 1 atom stereocenters. The van der Waals surface area contributed by atoms with E-state index in [9.17, 15) is 9.59 Å². The highest BCUT2D eigenvalue weighted by molar-refractivity contribution is 7.12. The first-order chi connectivity index (χ1) is 13.7. The third kappa shape index (κ3) is 4.54. The van der Waals surface area contributed by atoms with E-state index < -0.39 is 0 Å². The molecule has 0 saturated carbocycles. The summed E-state index contributed by atoms with van der Waals surface area (Å²) in [6.07, 6.45) is 4.76. The van der Waals surface area contributed by atoms with Gasteiger partial charge in [-0.15, -0.1) is 11.3 Å². The molecule has 0 aliphatic carbocycles. The zero-order valence-electron chi connectivity index (χ0n) is 15.9. The summed E-state index contributed by atoms with van der Waals surface area (Å²) in [7, 11) is 0. The fourth-order valence-electron chi connectivity index (χ4n) is 4.02. The Morgan fingerprint density at radius 1 is 0.964 bits per heavy atom. The van der Waals surface area contributed by atoms with Crippen molar-refractivity contribution < 1.29 is 9.59 Å². The van der Waals surface area contributed by atoms with E-state index in [2.05, 4.69) is 15.5 Å². The quantitative estimate of drug-likeness (QED) is 0.815. The van der Waals surface area contributed by atoms with Crippen LogP contribution in [0.4, 0.5) is 16.2 Å². The second kappa shape index (κ2) is 8.75. The number of nitrogens with one attached hydrogen (secondary N) is 2. The third-order valence-electron chi connectivity index (χ3n) is 5.46. The molecule has 148 valence electrons. The molecule has 0 radical (unpaired) electrons. The first kappa shape index (κ1) is 19.0. The lowest BCUT2D eigenvalue weighted by Crippen LogP contribution is -2.50. The van der Waals surface area contributed by atoms with Crippen LogP contribution in [0.2, 0.25) is 0 Å². The number of carbonyl (C=O) groups excluding carboxylic acids is 2. The highest BCUT2D eigenvalue weighted by Crippen LogP contribution is 2.22. The highest BCUT2D eigenvalue weighted by Gasteiger charge is 2.29. The maximum Gasteiger partial charge on any atom is 0.321 e. The van der Waals surface area contributed by atoms with Crippen LogP contribution in [0.1, 0.15) is 35.4 Å². The van der Waals surface area contributed by atoms with Crippen molar-refractivity contribution in [3.63, 3.8) is 0 Å². The topological polar surface area (TPSA) is 64.7 Å². The Hall–Kier alpha value is -2.38. The number of carbonyl (C=O) groups is 2. The van der Waals surface area contributed by atoms with Crippen LogP contribution in [0.25, 0.3) is 0 Å². The van der Waals surface area contributed by atoms with Crippen molar-refractivity contribution in [2.24, 2.45) is 0 Å². The molecule has 28 heavy (non-hydrogen) atoms. The molecule has 0 unspecified atom stereocenters. The summed E-state index contributed by atoms with van der Waals surface area (Å²) in [6, 6.07) is 11.4. The van der Waals surface area contributed by atoms with Gasteiger partial charge >= 0.3 is 6.03 Å². The Balaban J connectivity index is 1.35. The number of nitrogens with zero attached hydrogens (tertiary/aromatic N) is 2. The van der Waals surface area contributed by atoms with Gasteiger partial charge in [0.25, 0.3) is 5.91 Å². The molecule has 2 saturated heterocycles. The van der Waals surface area contributed by atoms with Crippen molar-refractivity contribution in [1.82, 2.24) is 9.80 Å². The number of anilines is 2. The van der Waals surface area contributed by atoms with Gasteiger partial charge in [-0.05, 0) is 68.4 Å². The monoisotopic (exact) mass is 398 g/mol. The van der Waals surface area contributed by atoms with Crippen LogP contribution in [-0.2, 0) is 0 Å². The molecule has 1 aromatic carbocycles. The normalized spacial score (nSPS) is 20.1. The molecule has 2 fully saturated rings. The number of rotatable bonds is 4. The van der Waals surface area contributed by atoms with E-state index in [0.29, 0.717) is 22.3 Å². The summed E-state index contributed by atoms with van der Waals surface area (Å²) in [5.41, 5.74) is 1.36. The lowest BCUT2D eigenvalue weighted by Gasteiger charge is -2.37. The van der Waals surface area contributed by atoms with Gasteiger partial charge in [-0.3, -0.25) is 9.69 Å². The Kier molecular flexibility index (Phi) is 5.92. The molecule has 2 N–H and O–H groups in total. The number of piperidine rings is 1. The van der Waals surface area contributed by atoms with Gasteiger partial charge in [0.1, 0.15) is 0 Å². The minimum atomic E-state index is -0.136. The minimum absolute atomic E-state index is 0.0642. The zero-order chi connectivity index (χ0) is 19.3. The second-order valence-corrected chi connectivity index (χ2v) is 8.38. The predicted octanol–water partition coefficient (Wildman–Crippen LogP) is 4.09. The summed E-state index contributed by atoms with van der Waals surface area (Å²) in [4.78, 5) is 30.1. The molecule has 6 nitrogen and oxygen atoms in total. The fourth-order valence-corrected chi connectivity index (χ4v) is 4.64. The standard InChI is InChI=1S/C21H26N4O2S/c26-20(19-9-5-13-28-19)22-16-6-3-7-17(14-16)23-21(27)25-12-4-8-18(15-25)24-10-1-2-11-24/h3,5-7,9,13-14,18H,1-2,4,8,10-12,15H2,(H,22,26)(H,23,27)/t18-/m0/s1. The lowest BCUT2D eigenvalue weighted by atomic mass is 10.0. The van der Waals surface area contributed by atoms with E-state index in [4.69, 9.17) is 0 Å². The molecule has 2 aromatic rings. The lowest BCUT2D eigenvalue weighted by molar-refractivity contribution is 0.103. The molecule has 0 bridgehead atoms. The minimum Gasteiger partial charge on any atom is -0.323 e. The Morgan fingerprint density at radius 2 is 1.75 bits per heavy atom. The average Bonchev–Trinajstić information content (AvgIpc) is 3.42. The first-order valence-corrected chi connectivity index (χ1v) is 10.8. The summed E-state index contributed by atoms with van der Waals surface area (Å²) in [5, 5.41) is 7.75. The Labute approximate surface area is 169 Å². The van der Waals surface area contributed by atoms with Gasteiger partial charge in [0.2, 0.25) is 0 Å². The number of benzene rings is 1. The smallest absolute Gasteiger partial charge is 0.321 e. The number of hydrogen-bond acceptors (Lipinski definition) is 4. The number of thiophene rings is 1. The average molecular weight is 399 g/mol. The van der Waals surface area contributed by atoms with E-state index in [1.54, 1.807) is 12.1 Å². The van der Waals surface area contributed by atoms with E-state index in [1.807, 2.05) is 34.5 Å². The molecule has 7 heteroatoms. The molecular formula is C21H26N4O2S. The van der Waals surface area contributed by atoms with E-state index in [-0.39, 0.29) is 11.9 Å². The second-order valence-electron chi connectivity index (χ2n) is 7.43. The van der Waals surface area contributed by atoms with Crippen molar-refractivity contribution in [3.8, 4) is 0 Å². The molecule has 3 heterocycles. The fraction of sp³-hybridized carbons (Fsp3) is 0.429. The number of amides is 3. The van der Waals surface area contributed by atoms with Gasteiger partial charge in [-0.2, -0.15) is 0 Å². The van der Waals surface area contributed by atoms with Gasteiger partial charge in [0.05, 0.1) is 4.88 Å². The van der Waals surface area contributed by atoms with Crippen LogP contribution in [0.5, 0.6) is 0 Å². The maximum absolute atomic E-state index is 12.8. The third-order valence-corrected chi connectivity index (χ3v) is 6.33. The largest absolute Gasteiger partial charge is 0.323 e. The van der Waals surface area contributed by atoms with E-state index >= 15 is 0 Å².